The third-order valence-corrected chi connectivity index (χ3v) is 8.36. The molecule has 4 nitrogen and oxygen atoms in total. The Hall–Kier alpha value is -1.61. The van der Waals surface area contributed by atoms with Gasteiger partial charge in [0.2, 0.25) is 0 Å². The van der Waals surface area contributed by atoms with Gasteiger partial charge < -0.3 is 13.8 Å². The first-order valence-corrected chi connectivity index (χ1v) is 15.0. The monoisotopic (exact) mass is 504 g/mol. The zero-order chi connectivity index (χ0) is 26.5. The fourth-order valence-corrected chi connectivity index (χ4v) is 6.36. The van der Waals surface area contributed by atoms with E-state index in [1.807, 2.05) is 70.2 Å². The van der Waals surface area contributed by atoms with E-state index < -0.39 is 7.60 Å². The zero-order valence-electron chi connectivity index (χ0n) is 23.5. The van der Waals surface area contributed by atoms with Crippen LogP contribution >= 0.6 is 7.60 Å². The van der Waals surface area contributed by atoms with Crippen molar-refractivity contribution < 1.29 is 18.3 Å². The molecule has 0 fully saturated rings. The third-order valence-electron chi connectivity index (χ3n) is 5.85. The van der Waals surface area contributed by atoms with Crippen LogP contribution in [0.2, 0.25) is 0 Å². The van der Waals surface area contributed by atoms with Crippen molar-refractivity contribution in [3.63, 3.8) is 0 Å². The standard InChI is InChI=1S/C28H43O4P.C2H6/c1-8-22(4)20-25(23-16-18-26(19-17-23)32-28(5,6)7)21-27(24-14-12-11-13-15-24)33(29,30-9-2)31-10-3;1-2/h11-19,22,25,27H,8-10,20-21H2,1-7H3;1-2H3. The van der Waals surface area contributed by atoms with Gasteiger partial charge in [0.05, 0.1) is 18.9 Å². The van der Waals surface area contributed by atoms with Gasteiger partial charge >= 0.3 is 7.60 Å². The summed E-state index contributed by atoms with van der Waals surface area (Å²) in [5.41, 5.74) is 1.68. The zero-order valence-corrected chi connectivity index (χ0v) is 24.4. The topological polar surface area (TPSA) is 44.8 Å². The highest BCUT2D eigenvalue weighted by molar-refractivity contribution is 7.54. The number of ether oxygens (including phenoxy) is 1. The lowest BCUT2D eigenvalue weighted by atomic mass is 9.84. The Balaban J connectivity index is 0.00000298. The van der Waals surface area contributed by atoms with Crippen molar-refractivity contribution in [3.8, 4) is 5.75 Å². The summed E-state index contributed by atoms with van der Waals surface area (Å²) in [4.78, 5) is 0. The molecule has 0 N–H and O–H groups in total. The molecular weight excluding hydrogens is 455 g/mol. The van der Waals surface area contributed by atoms with Gasteiger partial charge in [-0.05, 0) is 82.6 Å². The summed E-state index contributed by atoms with van der Waals surface area (Å²) in [7, 11) is -3.34. The van der Waals surface area contributed by atoms with Crippen LogP contribution in [0.5, 0.6) is 5.75 Å². The van der Waals surface area contributed by atoms with E-state index in [0.717, 1.165) is 24.2 Å². The molecule has 198 valence electrons. The normalized spacial score (nSPS) is 14.4. The minimum Gasteiger partial charge on any atom is -0.488 e. The maximum atomic E-state index is 14.0. The van der Waals surface area contributed by atoms with E-state index in [-0.39, 0.29) is 17.2 Å². The average Bonchev–Trinajstić information content (AvgIpc) is 2.83. The van der Waals surface area contributed by atoms with Gasteiger partial charge in [0.25, 0.3) is 0 Å². The number of hydrogen-bond donors (Lipinski definition) is 0. The summed E-state index contributed by atoms with van der Waals surface area (Å²) in [5.74, 6) is 1.64. The molecule has 3 unspecified atom stereocenters. The highest BCUT2D eigenvalue weighted by Crippen LogP contribution is 2.64. The van der Waals surface area contributed by atoms with E-state index in [1.54, 1.807) is 0 Å². The second-order valence-corrected chi connectivity index (χ2v) is 12.0. The van der Waals surface area contributed by atoms with E-state index in [2.05, 4.69) is 46.8 Å². The van der Waals surface area contributed by atoms with Gasteiger partial charge in [0.15, 0.2) is 0 Å². The summed E-state index contributed by atoms with van der Waals surface area (Å²) in [6, 6.07) is 18.5. The predicted molar refractivity (Wildman–Crippen MR) is 150 cm³/mol. The number of benzene rings is 2. The SMILES string of the molecule is CC.CCOP(=O)(OCC)C(CC(CC(C)CC)c1ccc(OC(C)(C)C)cc1)c1ccccc1. The van der Waals surface area contributed by atoms with E-state index in [1.165, 1.54) is 5.56 Å². The molecule has 3 atom stereocenters. The van der Waals surface area contributed by atoms with Gasteiger partial charge in [-0.2, -0.15) is 0 Å². The third kappa shape index (κ3) is 10.5. The maximum absolute atomic E-state index is 14.0. The molecule has 0 aromatic heterocycles. The molecule has 0 bridgehead atoms. The Bertz CT molecular complexity index is 848. The molecule has 0 saturated heterocycles. The summed E-state index contributed by atoms with van der Waals surface area (Å²) in [5, 5.41) is 0. The van der Waals surface area contributed by atoms with Crippen LogP contribution in [-0.2, 0) is 13.6 Å². The van der Waals surface area contributed by atoms with Crippen molar-refractivity contribution in [1.29, 1.82) is 0 Å². The van der Waals surface area contributed by atoms with E-state index >= 15 is 0 Å². The van der Waals surface area contributed by atoms with E-state index in [0.29, 0.717) is 25.6 Å². The first-order chi connectivity index (χ1) is 16.6. The first-order valence-electron chi connectivity index (χ1n) is 13.3. The largest absolute Gasteiger partial charge is 0.488 e. The molecule has 2 aromatic carbocycles. The molecule has 0 radical (unpaired) electrons. The van der Waals surface area contributed by atoms with E-state index in [4.69, 9.17) is 13.8 Å². The molecule has 0 heterocycles. The average molecular weight is 505 g/mol. The number of hydrogen-bond acceptors (Lipinski definition) is 4. The van der Waals surface area contributed by atoms with Crippen LogP contribution in [0.3, 0.4) is 0 Å². The van der Waals surface area contributed by atoms with Gasteiger partial charge in [-0.15, -0.1) is 0 Å². The van der Waals surface area contributed by atoms with Crippen molar-refractivity contribution in [2.75, 3.05) is 13.2 Å². The molecule has 35 heavy (non-hydrogen) atoms. The molecule has 0 aliphatic rings. The van der Waals surface area contributed by atoms with Crippen molar-refractivity contribution in [3.05, 3.63) is 65.7 Å². The predicted octanol–water partition coefficient (Wildman–Crippen LogP) is 9.81. The molecule has 0 aliphatic carbocycles. The van der Waals surface area contributed by atoms with Crippen LogP contribution in [0.15, 0.2) is 54.6 Å². The highest BCUT2D eigenvalue weighted by Gasteiger charge is 2.38. The molecule has 2 aromatic rings. The van der Waals surface area contributed by atoms with Crippen molar-refractivity contribution in [1.82, 2.24) is 0 Å². The van der Waals surface area contributed by atoms with Gasteiger partial charge in [-0.25, -0.2) is 0 Å². The number of rotatable bonds is 13. The Labute approximate surface area is 215 Å². The smallest absolute Gasteiger partial charge is 0.338 e. The van der Waals surface area contributed by atoms with Crippen molar-refractivity contribution >= 4 is 7.60 Å². The van der Waals surface area contributed by atoms with Crippen LogP contribution in [0.25, 0.3) is 0 Å². The minimum atomic E-state index is -3.34. The fraction of sp³-hybridized carbons (Fsp3) is 0.600. The summed E-state index contributed by atoms with van der Waals surface area (Å²) >= 11 is 0. The lowest BCUT2D eigenvalue weighted by Gasteiger charge is -2.31. The molecule has 5 heteroatoms. The van der Waals surface area contributed by atoms with Crippen LogP contribution < -0.4 is 4.74 Å². The Morgan fingerprint density at radius 3 is 1.80 bits per heavy atom. The Kier molecular flexibility index (Phi) is 13.9. The lowest BCUT2D eigenvalue weighted by Crippen LogP contribution is -2.22. The Morgan fingerprint density at radius 2 is 1.34 bits per heavy atom. The van der Waals surface area contributed by atoms with Gasteiger partial charge in [0.1, 0.15) is 11.4 Å². The lowest BCUT2D eigenvalue weighted by molar-refractivity contribution is 0.131. The van der Waals surface area contributed by atoms with Crippen LogP contribution in [0.4, 0.5) is 0 Å². The first kappa shape index (κ1) is 31.4. The highest BCUT2D eigenvalue weighted by atomic mass is 31.2. The summed E-state index contributed by atoms with van der Waals surface area (Å²) in [6.45, 7) is 19.1. The van der Waals surface area contributed by atoms with E-state index in [9.17, 15) is 4.57 Å². The molecule has 0 aliphatic heterocycles. The van der Waals surface area contributed by atoms with Gasteiger partial charge in [0, 0.05) is 0 Å². The second kappa shape index (κ2) is 15.5. The molecule has 0 amide bonds. The van der Waals surface area contributed by atoms with Gasteiger partial charge in [-0.3, -0.25) is 4.57 Å². The Morgan fingerprint density at radius 1 is 0.800 bits per heavy atom. The fourth-order valence-electron chi connectivity index (χ4n) is 4.15. The molecule has 0 spiro atoms. The molecule has 2 rings (SSSR count). The van der Waals surface area contributed by atoms with Crippen LogP contribution in [0, 0.1) is 5.92 Å². The van der Waals surface area contributed by atoms with Crippen LogP contribution in [-0.4, -0.2) is 18.8 Å². The molecule has 0 saturated carbocycles. The summed E-state index contributed by atoms with van der Waals surface area (Å²) in [6.07, 6.45) is 2.81. The second-order valence-electron chi connectivity index (χ2n) is 9.77. The minimum absolute atomic E-state index is 0.225. The molecular formula is C30H49O4P. The maximum Gasteiger partial charge on any atom is 0.338 e. The quantitative estimate of drug-likeness (QED) is 0.255. The van der Waals surface area contributed by atoms with Crippen molar-refractivity contribution in [2.45, 2.75) is 98.8 Å². The van der Waals surface area contributed by atoms with Gasteiger partial charge in [-0.1, -0.05) is 76.6 Å². The van der Waals surface area contributed by atoms with Crippen molar-refractivity contribution in [2.24, 2.45) is 5.92 Å². The summed E-state index contributed by atoms with van der Waals surface area (Å²) < 4.78 is 31.7. The van der Waals surface area contributed by atoms with Crippen LogP contribution in [0.1, 0.15) is 104 Å².